The first-order chi connectivity index (χ1) is 9.81. The van der Waals surface area contributed by atoms with Gasteiger partial charge in [0.25, 0.3) is 0 Å². The van der Waals surface area contributed by atoms with E-state index >= 15 is 0 Å². The molecule has 20 heavy (non-hydrogen) atoms. The minimum absolute atomic E-state index is 0.779. The molecule has 1 unspecified atom stereocenters. The molecule has 118 valence electrons. The highest BCUT2D eigenvalue weighted by molar-refractivity contribution is 4.78. The Morgan fingerprint density at radius 2 is 1.65 bits per heavy atom. The normalized spacial score (nSPS) is 27.6. The lowest BCUT2D eigenvalue weighted by molar-refractivity contribution is 0.186. The van der Waals surface area contributed by atoms with Crippen LogP contribution in [-0.2, 0) is 0 Å². The number of likely N-dealkylation sites (tertiary alicyclic amines) is 2. The summed E-state index contributed by atoms with van der Waals surface area (Å²) in [6.07, 6.45) is 8.22. The molecule has 0 aromatic rings. The van der Waals surface area contributed by atoms with Crippen molar-refractivity contribution in [3.05, 3.63) is 0 Å². The molecule has 0 amide bonds. The zero-order valence-electron chi connectivity index (χ0n) is 13.7. The highest BCUT2D eigenvalue weighted by Gasteiger charge is 2.20. The van der Waals surface area contributed by atoms with E-state index in [9.17, 15) is 0 Å². The van der Waals surface area contributed by atoms with Gasteiger partial charge in [-0.3, -0.25) is 0 Å². The van der Waals surface area contributed by atoms with Crippen LogP contribution in [0.2, 0.25) is 0 Å². The van der Waals surface area contributed by atoms with E-state index in [0.29, 0.717) is 0 Å². The zero-order valence-corrected chi connectivity index (χ0v) is 13.7. The monoisotopic (exact) mass is 281 g/mol. The quantitative estimate of drug-likeness (QED) is 0.807. The van der Waals surface area contributed by atoms with Gasteiger partial charge < -0.3 is 15.1 Å². The van der Waals surface area contributed by atoms with Gasteiger partial charge in [0.15, 0.2) is 0 Å². The molecule has 2 rings (SSSR count). The summed E-state index contributed by atoms with van der Waals surface area (Å²) in [5.41, 5.74) is 0. The largest absolute Gasteiger partial charge is 0.314 e. The van der Waals surface area contributed by atoms with Crippen LogP contribution in [0.5, 0.6) is 0 Å². The molecular formula is C17H35N3. The molecule has 0 bridgehead atoms. The van der Waals surface area contributed by atoms with Crippen LogP contribution in [0.15, 0.2) is 0 Å². The topological polar surface area (TPSA) is 18.5 Å². The summed E-state index contributed by atoms with van der Waals surface area (Å²) >= 11 is 0. The minimum atomic E-state index is 0.779. The molecule has 0 radical (unpaired) electrons. The average molecular weight is 281 g/mol. The van der Waals surface area contributed by atoms with Gasteiger partial charge in [-0.15, -0.1) is 0 Å². The summed E-state index contributed by atoms with van der Waals surface area (Å²) in [7, 11) is 0. The maximum atomic E-state index is 3.88. The fraction of sp³-hybridized carbons (Fsp3) is 1.00. The Morgan fingerprint density at radius 3 is 2.35 bits per heavy atom. The molecule has 3 nitrogen and oxygen atoms in total. The van der Waals surface area contributed by atoms with E-state index in [1.54, 1.807) is 0 Å². The minimum Gasteiger partial charge on any atom is -0.314 e. The molecule has 0 saturated carbocycles. The van der Waals surface area contributed by atoms with E-state index in [-0.39, 0.29) is 0 Å². The molecule has 2 fully saturated rings. The van der Waals surface area contributed by atoms with Crippen molar-refractivity contribution < 1.29 is 0 Å². The van der Waals surface area contributed by atoms with Crippen LogP contribution in [0.1, 0.15) is 52.4 Å². The van der Waals surface area contributed by atoms with Gasteiger partial charge >= 0.3 is 0 Å². The summed E-state index contributed by atoms with van der Waals surface area (Å²) in [5, 5.41) is 3.88. The molecule has 0 spiro atoms. The van der Waals surface area contributed by atoms with E-state index in [0.717, 1.165) is 12.0 Å². The molecule has 2 saturated heterocycles. The van der Waals surface area contributed by atoms with Crippen LogP contribution >= 0.6 is 0 Å². The van der Waals surface area contributed by atoms with Gasteiger partial charge in [-0.2, -0.15) is 0 Å². The number of piperidine rings is 1. The van der Waals surface area contributed by atoms with Crippen LogP contribution in [-0.4, -0.2) is 61.7 Å². The lowest BCUT2D eigenvalue weighted by atomic mass is 9.96. The molecule has 0 aliphatic carbocycles. The van der Waals surface area contributed by atoms with E-state index in [4.69, 9.17) is 0 Å². The summed E-state index contributed by atoms with van der Waals surface area (Å²) in [5.74, 6) is 0.924. The third-order valence-electron chi connectivity index (χ3n) is 5.21. The first-order valence-corrected chi connectivity index (χ1v) is 9.00. The Labute approximate surface area is 126 Å². The van der Waals surface area contributed by atoms with Gasteiger partial charge in [-0.25, -0.2) is 0 Å². The summed E-state index contributed by atoms with van der Waals surface area (Å²) in [6, 6.07) is 0.779. The van der Waals surface area contributed by atoms with E-state index in [1.807, 2.05) is 0 Å². The van der Waals surface area contributed by atoms with Crippen molar-refractivity contribution in [1.29, 1.82) is 0 Å². The standard InChI is InChI=1S/C17H35N3/c1-3-10-20-11-5-6-17(9-14-20)18-15-16-7-12-19(4-2)13-8-16/h16-18H,3-15H2,1-2H3. The van der Waals surface area contributed by atoms with Crippen molar-refractivity contribution in [2.45, 2.75) is 58.4 Å². The van der Waals surface area contributed by atoms with Crippen LogP contribution < -0.4 is 5.32 Å². The molecular weight excluding hydrogens is 246 g/mol. The molecule has 1 N–H and O–H groups in total. The van der Waals surface area contributed by atoms with E-state index in [2.05, 4.69) is 29.0 Å². The zero-order chi connectivity index (χ0) is 14.2. The van der Waals surface area contributed by atoms with Crippen molar-refractivity contribution in [1.82, 2.24) is 15.1 Å². The van der Waals surface area contributed by atoms with Gasteiger partial charge in [0.05, 0.1) is 0 Å². The highest BCUT2D eigenvalue weighted by Crippen LogP contribution is 2.17. The van der Waals surface area contributed by atoms with Crippen LogP contribution in [0.4, 0.5) is 0 Å². The third-order valence-corrected chi connectivity index (χ3v) is 5.21. The maximum absolute atomic E-state index is 3.88. The predicted octanol–water partition coefficient (Wildman–Crippen LogP) is 2.57. The SMILES string of the molecule is CCCN1CCCC(NCC2CCN(CC)CC2)CC1. The number of nitrogens with one attached hydrogen (secondary N) is 1. The summed E-state index contributed by atoms with van der Waals surface area (Å²) in [6.45, 7) is 13.6. The Bertz CT molecular complexity index is 249. The summed E-state index contributed by atoms with van der Waals surface area (Å²) in [4.78, 5) is 5.24. The van der Waals surface area contributed by atoms with Crippen molar-refractivity contribution >= 4 is 0 Å². The second kappa shape index (κ2) is 9.01. The first-order valence-electron chi connectivity index (χ1n) is 9.00. The van der Waals surface area contributed by atoms with Crippen LogP contribution in [0.3, 0.4) is 0 Å². The maximum Gasteiger partial charge on any atom is 0.00798 e. The number of rotatable bonds is 6. The number of hydrogen-bond acceptors (Lipinski definition) is 3. The molecule has 2 aliphatic rings. The second-order valence-corrected chi connectivity index (χ2v) is 6.76. The summed E-state index contributed by atoms with van der Waals surface area (Å²) < 4.78 is 0. The molecule has 0 aromatic carbocycles. The van der Waals surface area contributed by atoms with E-state index < -0.39 is 0 Å². The van der Waals surface area contributed by atoms with Gasteiger partial charge in [0.1, 0.15) is 0 Å². The second-order valence-electron chi connectivity index (χ2n) is 6.76. The lowest BCUT2D eigenvalue weighted by Crippen LogP contribution is -2.40. The Hall–Kier alpha value is -0.120. The van der Waals surface area contributed by atoms with Gasteiger partial charge in [-0.1, -0.05) is 13.8 Å². The molecule has 2 aliphatic heterocycles. The number of nitrogens with zero attached hydrogens (tertiary/aromatic N) is 2. The smallest absolute Gasteiger partial charge is 0.00798 e. The van der Waals surface area contributed by atoms with Crippen molar-refractivity contribution in [3.8, 4) is 0 Å². The molecule has 0 aromatic heterocycles. The van der Waals surface area contributed by atoms with Crippen molar-refractivity contribution in [2.75, 3.05) is 45.8 Å². The van der Waals surface area contributed by atoms with Crippen LogP contribution in [0.25, 0.3) is 0 Å². The predicted molar refractivity (Wildman–Crippen MR) is 87.2 cm³/mol. The Balaban J connectivity index is 1.62. The molecule has 3 heteroatoms. The van der Waals surface area contributed by atoms with Crippen molar-refractivity contribution in [3.63, 3.8) is 0 Å². The van der Waals surface area contributed by atoms with Crippen molar-refractivity contribution in [2.24, 2.45) is 5.92 Å². The van der Waals surface area contributed by atoms with Gasteiger partial charge in [0.2, 0.25) is 0 Å². The molecule has 2 heterocycles. The third kappa shape index (κ3) is 5.34. The highest BCUT2D eigenvalue weighted by atomic mass is 15.1. The Kier molecular flexibility index (Phi) is 7.32. The Morgan fingerprint density at radius 1 is 0.900 bits per heavy atom. The fourth-order valence-corrected chi connectivity index (χ4v) is 3.74. The number of hydrogen-bond donors (Lipinski definition) is 1. The average Bonchev–Trinajstić information content (AvgIpc) is 2.71. The van der Waals surface area contributed by atoms with Gasteiger partial charge in [-0.05, 0) is 90.3 Å². The fourth-order valence-electron chi connectivity index (χ4n) is 3.74. The van der Waals surface area contributed by atoms with E-state index in [1.165, 1.54) is 84.3 Å². The van der Waals surface area contributed by atoms with Crippen LogP contribution in [0, 0.1) is 5.92 Å². The van der Waals surface area contributed by atoms with Gasteiger partial charge in [0, 0.05) is 6.04 Å². The molecule has 1 atom stereocenters. The first kappa shape index (κ1) is 16.3. The lowest BCUT2D eigenvalue weighted by Gasteiger charge is -2.32.